The largest absolute Gasteiger partial charge is 0.481 e. The molecule has 116 valence electrons. The van der Waals surface area contributed by atoms with Gasteiger partial charge < -0.3 is 25.9 Å². The van der Waals surface area contributed by atoms with Crippen LogP contribution in [-0.2, 0) is 23.5 Å². The Hall–Kier alpha value is -1.52. The Bertz CT molecular complexity index is 426. The number of carboxylic acids is 3. The van der Waals surface area contributed by atoms with Crippen LogP contribution in [0.3, 0.4) is 0 Å². The molecule has 0 heterocycles. The van der Waals surface area contributed by atoms with E-state index in [9.17, 15) is 23.8 Å². The molecule has 0 aromatic carbocycles. The monoisotopic (exact) mass is 314 g/mol. The summed E-state index contributed by atoms with van der Waals surface area (Å²) in [6, 6.07) is -3.19. The van der Waals surface area contributed by atoms with Gasteiger partial charge in [-0.2, -0.15) is 0 Å². The summed E-state index contributed by atoms with van der Waals surface area (Å²) in [5.74, 6) is -4.29. The zero-order valence-corrected chi connectivity index (χ0v) is 11.0. The highest BCUT2D eigenvalue weighted by Gasteiger charge is 2.30. The third-order valence-electron chi connectivity index (χ3n) is 2.01. The van der Waals surface area contributed by atoms with Crippen LogP contribution in [0.5, 0.6) is 0 Å². The van der Waals surface area contributed by atoms with Crippen molar-refractivity contribution in [1.29, 1.82) is 0 Å². The Labute approximate surface area is 112 Å². The minimum Gasteiger partial charge on any atom is -0.481 e. The summed E-state index contributed by atoms with van der Waals surface area (Å²) in [6.07, 6.45) is -0.998. The quantitative estimate of drug-likeness (QED) is 0.254. The van der Waals surface area contributed by atoms with Crippen molar-refractivity contribution in [3.63, 3.8) is 0 Å². The molecular weight excluding hydrogens is 299 g/mol. The van der Waals surface area contributed by atoms with Gasteiger partial charge in [0, 0.05) is 6.42 Å². The molecule has 0 aliphatic rings. The lowest BCUT2D eigenvalue weighted by molar-refractivity contribution is -0.141. The molecule has 0 aliphatic carbocycles. The summed E-state index contributed by atoms with van der Waals surface area (Å²) in [5, 5.41) is 27.3. The molecule has 0 aromatic heterocycles. The van der Waals surface area contributed by atoms with E-state index in [4.69, 9.17) is 21.1 Å². The molecule has 0 bridgehead atoms. The van der Waals surface area contributed by atoms with Crippen molar-refractivity contribution in [2.24, 2.45) is 5.73 Å². The zero-order chi connectivity index (χ0) is 15.9. The second kappa shape index (κ2) is 7.92. The third kappa shape index (κ3) is 7.81. The maximum atomic E-state index is 11.5. The van der Waals surface area contributed by atoms with Crippen LogP contribution in [0.4, 0.5) is 0 Å². The van der Waals surface area contributed by atoms with E-state index >= 15 is 0 Å². The molecule has 11 nitrogen and oxygen atoms in total. The van der Waals surface area contributed by atoms with Crippen molar-refractivity contribution in [3.8, 4) is 0 Å². The Kier molecular flexibility index (Phi) is 7.32. The van der Waals surface area contributed by atoms with E-state index in [2.05, 4.69) is 4.52 Å². The number of aliphatic carboxylic acids is 3. The molecule has 0 rings (SSSR count). The molecule has 0 aromatic rings. The average molecular weight is 314 g/mol. The van der Waals surface area contributed by atoms with Crippen LogP contribution in [0.15, 0.2) is 0 Å². The van der Waals surface area contributed by atoms with Crippen LogP contribution in [0.2, 0.25) is 0 Å². The fourth-order valence-corrected chi connectivity index (χ4v) is 2.07. The van der Waals surface area contributed by atoms with Crippen molar-refractivity contribution < 1.29 is 43.7 Å². The second-order valence-electron chi connectivity index (χ2n) is 3.71. The first-order valence-electron chi connectivity index (χ1n) is 5.23. The third-order valence-corrected chi connectivity index (χ3v) is 3.15. The van der Waals surface area contributed by atoms with E-state index in [1.807, 2.05) is 0 Å². The number of rotatable bonds is 10. The van der Waals surface area contributed by atoms with Gasteiger partial charge in [-0.15, -0.1) is 0 Å². The van der Waals surface area contributed by atoms with Crippen LogP contribution in [0.25, 0.3) is 0 Å². The fourth-order valence-electron chi connectivity index (χ4n) is 0.998. The van der Waals surface area contributed by atoms with Gasteiger partial charge in [0.15, 0.2) is 0 Å². The van der Waals surface area contributed by atoms with Crippen LogP contribution < -0.4 is 10.8 Å². The molecule has 0 saturated heterocycles. The molecule has 0 aliphatic heterocycles. The van der Waals surface area contributed by atoms with Gasteiger partial charge in [0.1, 0.15) is 12.1 Å². The van der Waals surface area contributed by atoms with E-state index < -0.39 is 57.2 Å². The first kappa shape index (κ1) is 18.5. The molecule has 0 saturated carbocycles. The summed E-state index contributed by atoms with van der Waals surface area (Å²) in [4.78, 5) is 40.8. The van der Waals surface area contributed by atoms with E-state index in [-0.39, 0.29) is 0 Å². The molecule has 0 amide bonds. The fraction of sp³-hybridized carbons (Fsp3) is 0.625. The van der Waals surface area contributed by atoms with E-state index in [1.54, 1.807) is 5.09 Å². The van der Waals surface area contributed by atoms with E-state index in [0.717, 1.165) is 0 Å². The minimum absolute atomic E-state index is 0.455. The van der Waals surface area contributed by atoms with Gasteiger partial charge in [-0.05, 0) is 6.42 Å². The number of carbonyl (C=O) groups is 3. The van der Waals surface area contributed by atoms with Crippen LogP contribution in [0.1, 0.15) is 12.8 Å². The summed E-state index contributed by atoms with van der Waals surface area (Å²) in [6.45, 7) is -0.818. The van der Waals surface area contributed by atoms with Gasteiger partial charge in [-0.1, -0.05) is 0 Å². The highest BCUT2D eigenvalue weighted by molar-refractivity contribution is 7.50. The molecule has 1 unspecified atom stereocenters. The van der Waals surface area contributed by atoms with Crippen molar-refractivity contribution in [3.05, 3.63) is 0 Å². The number of nitrogens with one attached hydrogen (secondary N) is 1. The van der Waals surface area contributed by atoms with Gasteiger partial charge in [0.25, 0.3) is 0 Å². The summed E-state index contributed by atoms with van der Waals surface area (Å²) < 4.78 is 15.8. The van der Waals surface area contributed by atoms with Crippen molar-refractivity contribution in [1.82, 2.24) is 5.09 Å². The van der Waals surface area contributed by atoms with Gasteiger partial charge in [-0.3, -0.25) is 18.9 Å². The standard InChI is InChI=1S/C8H15N2O9P/c9-4(7(13)14)3-19-20(17,18)10-5(8(15)16)1-2-6(11)12/h4-5H,1-3,9H2,(H,11,12)(H,13,14)(H,15,16)(H2,10,17,18)/t4-,5-/m0/s1. The Morgan fingerprint density at radius 3 is 2.15 bits per heavy atom. The first-order valence-corrected chi connectivity index (χ1v) is 6.81. The molecule has 3 atom stereocenters. The molecule has 0 radical (unpaired) electrons. The van der Waals surface area contributed by atoms with Gasteiger partial charge in [0.05, 0.1) is 6.61 Å². The average Bonchev–Trinajstić information content (AvgIpc) is 2.30. The van der Waals surface area contributed by atoms with E-state index in [0.29, 0.717) is 0 Å². The van der Waals surface area contributed by atoms with Crippen LogP contribution in [-0.4, -0.2) is 56.8 Å². The lowest BCUT2D eigenvalue weighted by atomic mass is 10.2. The second-order valence-corrected chi connectivity index (χ2v) is 5.27. The van der Waals surface area contributed by atoms with Crippen molar-refractivity contribution in [2.75, 3.05) is 6.61 Å². The summed E-state index contributed by atoms with van der Waals surface area (Å²) in [5.41, 5.74) is 5.03. The minimum atomic E-state index is -4.62. The Balaban J connectivity index is 4.51. The van der Waals surface area contributed by atoms with Gasteiger partial charge >= 0.3 is 25.7 Å². The smallest absolute Gasteiger partial charge is 0.403 e. The Morgan fingerprint density at radius 1 is 1.20 bits per heavy atom. The maximum absolute atomic E-state index is 11.5. The number of hydrogen-bond acceptors (Lipinski definition) is 6. The summed E-state index contributed by atoms with van der Waals surface area (Å²) in [7, 11) is -4.62. The molecule has 0 fully saturated rings. The Morgan fingerprint density at radius 2 is 1.75 bits per heavy atom. The van der Waals surface area contributed by atoms with Crippen LogP contribution >= 0.6 is 7.75 Å². The zero-order valence-electron chi connectivity index (χ0n) is 10.1. The molecule has 0 spiro atoms. The van der Waals surface area contributed by atoms with E-state index in [1.165, 1.54) is 0 Å². The normalized spacial score (nSPS) is 16.9. The lowest BCUT2D eigenvalue weighted by Crippen LogP contribution is -2.38. The predicted molar refractivity (Wildman–Crippen MR) is 62.8 cm³/mol. The number of hydrogen-bond donors (Lipinski definition) is 6. The summed E-state index contributed by atoms with van der Waals surface area (Å²) >= 11 is 0. The van der Waals surface area contributed by atoms with Crippen molar-refractivity contribution in [2.45, 2.75) is 24.9 Å². The van der Waals surface area contributed by atoms with Crippen molar-refractivity contribution >= 4 is 25.7 Å². The van der Waals surface area contributed by atoms with Gasteiger partial charge in [-0.25, -0.2) is 9.65 Å². The topological polar surface area (TPSA) is 196 Å². The number of nitrogens with two attached hydrogens (primary N) is 1. The SMILES string of the molecule is N[C@@H](COP(=O)(O)N[C@@H](CCC(=O)O)C(=O)O)C(=O)O. The highest BCUT2D eigenvalue weighted by Crippen LogP contribution is 2.37. The van der Waals surface area contributed by atoms with Gasteiger partial charge in [0.2, 0.25) is 0 Å². The first-order chi connectivity index (χ1) is 9.05. The number of carboxylic acid groups (broad SMARTS) is 3. The predicted octanol–water partition coefficient (Wildman–Crippen LogP) is -1.58. The van der Waals surface area contributed by atoms with Crippen LogP contribution in [0, 0.1) is 0 Å². The lowest BCUT2D eigenvalue weighted by Gasteiger charge is -2.19. The molecule has 20 heavy (non-hydrogen) atoms. The molecule has 12 heteroatoms. The molecule has 7 N–H and O–H groups in total. The maximum Gasteiger partial charge on any atom is 0.403 e. The molecular formula is C8H15N2O9P. The highest BCUT2D eigenvalue weighted by atomic mass is 31.2.